The number of aliphatic carboxylic acids is 1. The molecule has 1 atom stereocenters. The number of fused-ring (bicyclic) bond motifs is 2. The highest BCUT2D eigenvalue weighted by atomic mass is 16.7. The van der Waals surface area contributed by atoms with Gasteiger partial charge in [-0.05, 0) is 29.3 Å². The molecule has 0 fully saturated rings. The summed E-state index contributed by atoms with van der Waals surface area (Å²) in [6, 6.07) is 11.6. The first-order chi connectivity index (χ1) is 11.6. The molecule has 2 aromatic rings. The van der Waals surface area contributed by atoms with Gasteiger partial charge in [0, 0.05) is 18.5 Å². The number of carboxylic acid groups (broad SMARTS) is 1. The number of carbonyl (C=O) groups is 2. The predicted molar refractivity (Wildman–Crippen MR) is 84.0 cm³/mol. The van der Waals surface area contributed by atoms with Gasteiger partial charge in [-0.15, -0.1) is 0 Å². The summed E-state index contributed by atoms with van der Waals surface area (Å²) in [5, 5.41) is 9.55. The van der Waals surface area contributed by atoms with Crippen molar-refractivity contribution in [3.8, 4) is 11.5 Å². The molecule has 1 amide bonds. The monoisotopic (exact) mass is 325 g/mol. The summed E-state index contributed by atoms with van der Waals surface area (Å²) in [6.07, 6.45) is 0.307. The van der Waals surface area contributed by atoms with Crippen molar-refractivity contribution in [2.24, 2.45) is 0 Å². The Morgan fingerprint density at radius 3 is 2.58 bits per heavy atom. The Kier molecular flexibility index (Phi) is 3.37. The molecule has 0 bridgehead atoms. The van der Waals surface area contributed by atoms with Gasteiger partial charge >= 0.3 is 5.97 Å². The lowest BCUT2D eigenvalue weighted by Gasteiger charge is -2.34. The SMILES string of the molecule is O=C(O)[C@@H]1Cc2ccccc2CN1C(=O)c1ccc2c(c1)OCO2. The molecule has 6 nitrogen and oxygen atoms in total. The Morgan fingerprint density at radius 1 is 1.04 bits per heavy atom. The zero-order valence-corrected chi connectivity index (χ0v) is 12.8. The van der Waals surface area contributed by atoms with Crippen molar-refractivity contribution < 1.29 is 24.2 Å². The third kappa shape index (κ3) is 2.36. The minimum absolute atomic E-state index is 0.127. The molecule has 0 aromatic heterocycles. The first-order valence-electron chi connectivity index (χ1n) is 7.63. The molecular weight excluding hydrogens is 310 g/mol. The van der Waals surface area contributed by atoms with E-state index in [-0.39, 0.29) is 19.2 Å². The quantitative estimate of drug-likeness (QED) is 0.915. The summed E-state index contributed by atoms with van der Waals surface area (Å²) in [6.45, 7) is 0.405. The second-order valence-electron chi connectivity index (χ2n) is 5.83. The topological polar surface area (TPSA) is 76.1 Å². The second-order valence-corrected chi connectivity index (χ2v) is 5.83. The maximum Gasteiger partial charge on any atom is 0.326 e. The van der Waals surface area contributed by atoms with Crippen LogP contribution in [0.5, 0.6) is 11.5 Å². The van der Waals surface area contributed by atoms with Crippen LogP contribution in [0.4, 0.5) is 0 Å². The van der Waals surface area contributed by atoms with Gasteiger partial charge in [0.1, 0.15) is 6.04 Å². The largest absolute Gasteiger partial charge is 0.480 e. The van der Waals surface area contributed by atoms with Crippen LogP contribution in [-0.2, 0) is 17.8 Å². The van der Waals surface area contributed by atoms with Crippen LogP contribution < -0.4 is 9.47 Å². The van der Waals surface area contributed by atoms with E-state index < -0.39 is 12.0 Å². The molecule has 24 heavy (non-hydrogen) atoms. The van der Waals surface area contributed by atoms with Crippen LogP contribution >= 0.6 is 0 Å². The molecule has 2 aromatic carbocycles. The predicted octanol–water partition coefficient (Wildman–Crippen LogP) is 2.07. The van der Waals surface area contributed by atoms with Crippen molar-refractivity contribution in [1.29, 1.82) is 0 Å². The fourth-order valence-corrected chi connectivity index (χ4v) is 3.15. The molecule has 1 N–H and O–H groups in total. The molecule has 0 aliphatic carbocycles. The fourth-order valence-electron chi connectivity index (χ4n) is 3.15. The van der Waals surface area contributed by atoms with Gasteiger partial charge in [-0.3, -0.25) is 4.79 Å². The van der Waals surface area contributed by atoms with Crippen molar-refractivity contribution in [2.45, 2.75) is 19.0 Å². The van der Waals surface area contributed by atoms with E-state index in [1.54, 1.807) is 18.2 Å². The van der Waals surface area contributed by atoms with Crippen molar-refractivity contribution in [1.82, 2.24) is 4.90 Å². The average molecular weight is 325 g/mol. The molecule has 2 heterocycles. The number of amides is 1. The highest BCUT2D eigenvalue weighted by molar-refractivity contribution is 5.97. The number of carboxylic acids is 1. The van der Waals surface area contributed by atoms with Gasteiger partial charge < -0.3 is 19.5 Å². The van der Waals surface area contributed by atoms with E-state index in [2.05, 4.69) is 0 Å². The number of hydrogen-bond acceptors (Lipinski definition) is 4. The van der Waals surface area contributed by atoms with Crippen LogP contribution in [0.2, 0.25) is 0 Å². The van der Waals surface area contributed by atoms with Crippen LogP contribution in [0.25, 0.3) is 0 Å². The Labute approximate surface area is 138 Å². The Morgan fingerprint density at radius 2 is 1.79 bits per heavy atom. The summed E-state index contributed by atoms with van der Waals surface area (Å²) in [5.41, 5.74) is 2.34. The maximum absolute atomic E-state index is 12.9. The number of ether oxygens (including phenoxy) is 2. The minimum atomic E-state index is -1.00. The van der Waals surface area contributed by atoms with Gasteiger partial charge in [-0.2, -0.15) is 0 Å². The average Bonchev–Trinajstić information content (AvgIpc) is 3.07. The second kappa shape index (κ2) is 5.56. The standard InChI is InChI=1S/C18H15NO5/c20-17(12-5-6-15-16(8-12)24-10-23-15)19-9-13-4-2-1-3-11(13)7-14(19)18(21)22/h1-6,8,14H,7,9-10H2,(H,21,22)/t14-/m0/s1. The number of nitrogens with zero attached hydrogens (tertiary/aromatic N) is 1. The van der Waals surface area contributed by atoms with E-state index >= 15 is 0 Å². The van der Waals surface area contributed by atoms with Crippen LogP contribution in [0, 0.1) is 0 Å². The van der Waals surface area contributed by atoms with Gasteiger partial charge in [0.25, 0.3) is 5.91 Å². The van der Waals surface area contributed by atoms with E-state index in [1.165, 1.54) is 4.90 Å². The van der Waals surface area contributed by atoms with Crippen molar-refractivity contribution in [3.05, 3.63) is 59.2 Å². The lowest BCUT2D eigenvalue weighted by molar-refractivity contribution is -0.142. The Hall–Kier alpha value is -3.02. The molecule has 0 saturated carbocycles. The fraction of sp³-hybridized carbons (Fsp3) is 0.222. The zero-order valence-electron chi connectivity index (χ0n) is 12.8. The number of carbonyl (C=O) groups excluding carboxylic acids is 1. The molecule has 2 aliphatic heterocycles. The van der Waals surface area contributed by atoms with Crippen LogP contribution in [0.3, 0.4) is 0 Å². The molecule has 6 heteroatoms. The molecular formula is C18H15NO5. The third-order valence-electron chi connectivity index (χ3n) is 4.41. The summed E-state index contributed by atoms with van der Waals surface area (Å²) in [5.74, 6) is -0.232. The number of benzene rings is 2. The first kappa shape index (κ1) is 14.6. The molecule has 0 spiro atoms. The highest BCUT2D eigenvalue weighted by Crippen LogP contribution is 2.33. The molecule has 0 unspecified atom stereocenters. The van der Waals surface area contributed by atoms with Crippen molar-refractivity contribution >= 4 is 11.9 Å². The third-order valence-corrected chi connectivity index (χ3v) is 4.41. The summed E-state index contributed by atoms with van der Waals surface area (Å²) in [7, 11) is 0. The summed E-state index contributed by atoms with van der Waals surface area (Å²) >= 11 is 0. The van der Waals surface area contributed by atoms with Crippen LogP contribution in [0.1, 0.15) is 21.5 Å². The van der Waals surface area contributed by atoms with Gasteiger partial charge in [0.2, 0.25) is 6.79 Å². The Bertz CT molecular complexity index is 832. The van der Waals surface area contributed by atoms with Gasteiger partial charge in [0.05, 0.1) is 0 Å². The lowest BCUT2D eigenvalue weighted by atomic mass is 9.93. The van der Waals surface area contributed by atoms with Gasteiger partial charge in [-0.25, -0.2) is 4.79 Å². The molecule has 0 saturated heterocycles. The van der Waals surface area contributed by atoms with Gasteiger partial charge in [-0.1, -0.05) is 24.3 Å². The van der Waals surface area contributed by atoms with E-state index in [9.17, 15) is 14.7 Å². The summed E-state index contributed by atoms with van der Waals surface area (Å²) in [4.78, 5) is 26.0. The molecule has 4 rings (SSSR count). The number of rotatable bonds is 2. The van der Waals surface area contributed by atoms with E-state index in [0.717, 1.165) is 11.1 Å². The maximum atomic E-state index is 12.9. The zero-order chi connectivity index (χ0) is 16.7. The molecule has 0 radical (unpaired) electrons. The minimum Gasteiger partial charge on any atom is -0.480 e. The molecule has 2 aliphatic rings. The first-order valence-corrected chi connectivity index (χ1v) is 7.63. The normalized spacial score (nSPS) is 18.2. The van der Waals surface area contributed by atoms with Crippen LogP contribution in [-0.4, -0.2) is 34.7 Å². The summed E-state index contributed by atoms with van der Waals surface area (Å²) < 4.78 is 10.5. The van der Waals surface area contributed by atoms with Crippen molar-refractivity contribution in [3.63, 3.8) is 0 Å². The van der Waals surface area contributed by atoms with E-state index in [1.807, 2.05) is 24.3 Å². The van der Waals surface area contributed by atoms with Crippen molar-refractivity contribution in [2.75, 3.05) is 6.79 Å². The van der Waals surface area contributed by atoms with Crippen LogP contribution in [0.15, 0.2) is 42.5 Å². The van der Waals surface area contributed by atoms with E-state index in [0.29, 0.717) is 23.5 Å². The smallest absolute Gasteiger partial charge is 0.326 e. The van der Waals surface area contributed by atoms with Gasteiger partial charge in [0.15, 0.2) is 11.5 Å². The van der Waals surface area contributed by atoms with E-state index in [4.69, 9.17) is 9.47 Å². The highest BCUT2D eigenvalue weighted by Gasteiger charge is 2.35. The Balaban J connectivity index is 1.68. The number of hydrogen-bond donors (Lipinski definition) is 1. The lowest BCUT2D eigenvalue weighted by Crippen LogP contribution is -2.48. The molecule has 122 valence electrons.